The van der Waals surface area contributed by atoms with Crippen molar-refractivity contribution in [2.45, 2.75) is 0 Å². The van der Waals surface area contributed by atoms with Crippen molar-refractivity contribution in [2.24, 2.45) is 0 Å². The first-order chi connectivity index (χ1) is 50.1. The lowest BCUT2D eigenvalue weighted by Gasteiger charge is -2.28. The average molecular weight is 1330 g/mol. The fourth-order valence-corrected chi connectivity index (χ4v) is 12.5. The molecule has 0 heterocycles. The van der Waals surface area contributed by atoms with E-state index in [0.717, 1.165) is 0 Å². The van der Waals surface area contributed by atoms with Gasteiger partial charge in [-0.3, -0.25) is 58.2 Å². The smallest absolute Gasteiger partial charge is 0.263 e. The Morgan fingerprint density at radius 3 is 0.588 bits per heavy atom. The first kappa shape index (κ1) is 65.2. The third kappa shape index (κ3) is 13.9. The molecule has 0 radical (unpaired) electrons. The third-order valence-electron chi connectivity index (χ3n) is 17.3. The zero-order valence-electron chi connectivity index (χ0n) is 55.1. The van der Waals surface area contributed by atoms with E-state index >= 15 is 28.8 Å². The highest BCUT2D eigenvalue weighted by molar-refractivity contribution is 6.23. The lowest BCUT2D eigenvalue weighted by atomic mass is 9.98. The van der Waals surface area contributed by atoms with Gasteiger partial charge in [0.15, 0.2) is 0 Å². The van der Waals surface area contributed by atoms with Gasteiger partial charge < -0.3 is 0 Å². The van der Waals surface area contributed by atoms with Crippen molar-refractivity contribution in [3.8, 4) is 11.1 Å². The Bertz CT molecular complexity index is 5030. The summed E-state index contributed by atoms with van der Waals surface area (Å²) in [5.41, 5.74) is 8.17. The standard InChI is InChI=1S/C90H64N6O6/c97-85(67-57-58-83(89(101)93(75-43-19-5-20-44-75)76-45-21-6-22-46-76)84(64-67)90(102)94(77-47-23-7-24-48-77)78-49-25-8-26-50-78)95(79-51-27-9-28-52-79)81-55-31-33-65(62-81)66-34-32-56-82(63-66)96(80-53-29-10-30-54-80)88(100)70-60-68(86(98)91(71-35-11-1-12-36-71)72-37-13-2-14-38-72)59-69(61-70)87(99)92(73-39-15-3-16-40-73)74-41-17-4-18-42-74/h1-64H. The van der Waals surface area contributed by atoms with E-state index in [1.54, 1.807) is 59.7 Å². The Morgan fingerprint density at radius 1 is 0.147 bits per heavy atom. The number of benzene rings is 14. The summed E-state index contributed by atoms with van der Waals surface area (Å²) in [7, 11) is 0. The Labute approximate surface area is 591 Å². The van der Waals surface area contributed by atoms with E-state index in [0.29, 0.717) is 79.4 Å². The quantitative estimate of drug-likeness (QED) is 0.0795. The van der Waals surface area contributed by atoms with Gasteiger partial charge in [-0.15, -0.1) is 0 Å². The van der Waals surface area contributed by atoms with Crippen molar-refractivity contribution in [3.05, 3.63) is 422 Å². The molecule has 0 unspecified atom stereocenters. The Morgan fingerprint density at radius 2 is 0.343 bits per heavy atom. The average Bonchev–Trinajstić information content (AvgIpc) is 0.768. The van der Waals surface area contributed by atoms with E-state index < -0.39 is 35.4 Å². The number of hydrogen-bond donors (Lipinski definition) is 0. The van der Waals surface area contributed by atoms with Crippen LogP contribution in [0.3, 0.4) is 0 Å². The van der Waals surface area contributed by atoms with Crippen LogP contribution in [0.15, 0.2) is 388 Å². The van der Waals surface area contributed by atoms with Gasteiger partial charge in [-0.25, -0.2) is 0 Å². The highest BCUT2D eigenvalue weighted by Gasteiger charge is 2.33. The number of para-hydroxylation sites is 10. The van der Waals surface area contributed by atoms with Gasteiger partial charge in [0, 0.05) is 90.5 Å². The number of amides is 6. The molecule has 0 saturated heterocycles. The lowest BCUT2D eigenvalue weighted by molar-refractivity contribution is 0.0965. The highest BCUT2D eigenvalue weighted by Crippen LogP contribution is 2.39. The van der Waals surface area contributed by atoms with Crippen LogP contribution in [-0.2, 0) is 0 Å². The number of hydrogen-bond acceptors (Lipinski definition) is 6. The molecule has 14 aromatic rings. The van der Waals surface area contributed by atoms with E-state index in [9.17, 15) is 0 Å². The second-order valence-corrected chi connectivity index (χ2v) is 23.9. The lowest BCUT2D eigenvalue weighted by Crippen LogP contribution is -2.32. The zero-order chi connectivity index (χ0) is 69.7. The van der Waals surface area contributed by atoms with Crippen LogP contribution in [-0.4, -0.2) is 35.4 Å². The molecule has 12 nitrogen and oxygen atoms in total. The Balaban J connectivity index is 0.869. The van der Waals surface area contributed by atoms with E-state index in [4.69, 9.17) is 0 Å². The van der Waals surface area contributed by atoms with Gasteiger partial charge in [0.1, 0.15) is 0 Å². The van der Waals surface area contributed by atoms with E-state index in [-0.39, 0.29) is 33.4 Å². The highest BCUT2D eigenvalue weighted by atomic mass is 16.2. The molecule has 0 aliphatic carbocycles. The van der Waals surface area contributed by atoms with E-state index in [2.05, 4.69) is 0 Å². The molecular weight excluding hydrogens is 1260 g/mol. The van der Waals surface area contributed by atoms with Crippen LogP contribution in [0.4, 0.5) is 68.2 Å². The summed E-state index contributed by atoms with van der Waals surface area (Å²) in [6.45, 7) is 0. The summed E-state index contributed by atoms with van der Waals surface area (Å²) in [5, 5.41) is 0. The monoisotopic (exact) mass is 1320 g/mol. The maximum Gasteiger partial charge on any atom is 0.263 e. The molecule has 0 N–H and O–H groups in total. The Hall–Kier alpha value is -14.1. The van der Waals surface area contributed by atoms with E-state index in [1.807, 2.05) is 352 Å². The first-order valence-electron chi connectivity index (χ1n) is 33.2. The van der Waals surface area contributed by atoms with Crippen LogP contribution in [0.2, 0.25) is 0 Å². The van der Waals surface area contributed by atoms with Crippen molar-refractivity contribution in [1.82, 2.24) is 0 Å². The minimum Gasteiger partial charge on any atom is -0.277 e. The molecule has 0 aliphatic heterocycles. The number of carbonyl (C=O) groups excluding carboxylic acids is 6. The van der Waals surface area contributed by atoms with Crippen LogP contribution < -0.4 is 29.4 Å². The largest absolute Gasteiger partial charge is 0.277 e. The summed E-state index contributed by atoms with van der Waals surface area (Å²) in [6, 6.07) is 116. The minimum atomic E-state index is -0.548. The van der Waals surface area contributed by atoms with Crippen molar-refractivity contribution in [3.63, 3.8) is 0 Å². The van der Waals surface area contributed by atoms with Crippen molar-refractivity contribution in [2.75, 3.05) is 29.4 Å². The number of anilines is 12. The molecular formula is C90H64N6O6. The van der Waals surface area contributed by atoms with Gasteiger partial charge in [-0.05, 0) is 193 Å². The molecule has 102 heavy (non-hydrogen) atoms. The second kappa shape index (κ2) is 30.1. The first-order valence-corrected chi connectivity index (χ1v) is 33.2. The molecule has 14 rings (SSSR count). The summed E-state index contributed by atoms with van der Waals surface area (Å²) < 4.78 is 0. The van der Waals surface area contributed by atoms with Crippen molar-refractivity contribution < 1.29 is 28.8 Å². The van der Waals surface area contributed by atoms with Crippen molar-refractivity contribution >= 4 is 104 Å². The maximum atomic E-state index is 16.1. The maximum absolute atomic E-state index is 16.1. The number of carbonyl (C=O) groups is 6. The molecule has 6 amide bonds. The van der Waals surface area contributed by atoms with E-state index in [1.165, 1.54) is 6.07 Å². The van der Waals surface area contributed by atoms with Gasteiger partial charge in [-0.2, -0.15) is 0 Å². The molecule has 14 aromatic carbocycles. The molecule has 490 valence electrons. The predicted molar refractivity (Wildman–Crippen MR) is 408 cm³/mol. The zero-order valence-corrected chi connectivity index (χ0v) is 55.1. The molecule has 0 aromatic heterocycles. The minimum absolute atomic E-state index is 0.0182. The predicted octanol–water partition coefficient (Wildman–Crippen LogP) is 21.2. The van der Waals surface area contributed by atoms with Crippen LogP contribution in [0, 0.1) is 0 Å². The van der Waals surface area contributed by atoms with Crippen molar-refractivity contribution in [1.29, 1.82) is 0 Å². The second-order valence-electron chi connectivity index (χ2n) is 23.9. The fraction of sp³-hybridized carbons (Fsp3) is 0. The third-order valence-corrected chi connectivity index (χ3v) is 17.3. The molecule has 0 saturated carbocycles. The molecule has 12 heteroatoms. The fourth-order valence-electron chi connectivity index (χ4n) is 12.5. The topological polar surface area (TPSA) is 122 Å². The molecule has 0 spiro atoms. The molecule has 0 aliphatic rings. The summed E-state index contributed by atoms with van der Waals surface area (Å²) in [4.78, 5) is 104. The van der Waals surface area contributed by atoms with Crippen LogP contribution >= 0.6 is 0 Å². The van der Waals surface area contributed by atoms with Gasteiger partial charge in [0.05, 0.1) is 11.1 Å². The summed E-state index contributed by atoms with van der Waals surface area (Å²) >= 11 is 0. The summed E-state index contributed by atoms with van der Waals surface area (Å²) in [6.07, 6.45) is 0. The van der Waals surface area contributed by atoms with Gasteiger partial charge in [0.25, 0.3) is 35.4 Å². The van der Waals surface area contributed by atoms with Gasteiger partial charge in [0.2, 0.25) is 0 Å². The van der Waals surface area contributed by atoms with Gasteiger partial charge >= 0.3 is 0 Å². The normalized spacial score (nSPS) is 10.8. The van der Waals surface area contributed by atoms with Crippen LogP contribution in [0.5, 0.6) is 0 Å². The summed E-state index contributed by atoms with van der Waals surface area (Å²) in [5.74, 6) is -3.04. The van der Waals surface area contributed by atoms with Crippen LogP contribution in [0.1, 0.15) is 62.1 Å². The van der Waals surface area contributed by atoms with Crippen LogP contribution in [0.25, 0.3) is 11.1 Å². The molecule has 0 bridgehead atoms. The molecule has 0 atom stereocenters. The van der Waals surface area contributed by atoms with Gasteiger partial charge in [-0.1, -0.05) is 206 Å². The number of nitrogens with zero attached hydrogens (tertiary/aromatic N) is 6. The number of rotatable bonds is 19. The molecule has 0 fully saturated rings. The SMILES string of the molecule is O=C(c1cc(C(=O)N(c2ccccc2)c2ccccc2)cc(C(=O)N(c2ccccc2)c2cccc(-c3cccc(N(C(=O)c4ccc(C(=O)N(c5ccccc5)c5ccccc5)c(C(=O)N(c5ccccc5)c5ccccc5)c4)c4ccccc4)c3)c2)c1)N(c1ccccc1)c1ccccc1. The Kier molecular flexibility index (Phi) is 19.3.